The van der Waals surface area contributed by atoms with Gasteiger partial charge in [0, 0.05) is 13.0 Å². The molecule has 0 amide bonds. The molecule has 0 bridgehead atoms. The average molecular weight is 783 g/mol. The monoisotopic (exact) mass is 783 g/mol. The van der Waals surface area contributed by atoms with E-state index < -0.39 is 6.10 Å². The summed E-state index contributed by atoms with van der Waals surface area (Å²) in [4.78, 5) is 12.2. The van der Waals surface area contributed by atoms with Crippen molar-refractivity contribution >= 4 is 5.97 Å². The summed E-state index contributed by atoms with van der Waals surface area (Å²) in [5.74, 6) is -0.204. The lowest BCUT2D eigenvalue weighted by molar-refractivity contribution is -0.154. The molecule has 0 radical (unpaired) electrons. The number of unbranched alkanes of at least 4 members (excludes halogenated alkanes) is 27. The number of rotatable bonds is 45. The van der Waals surface area contributed by atoms with E-state index >= 15 is 0 Å². The van der Waals surface area contributed by atoms with Crippen LogP contribution in [0.2, 0.25) is 0 Å². The smallest absolute Gasteiger partial charge is 0.306 e. The van der Waals surface area contributed by atoms with Gasteiger partial charge in [0.2, 0.25) is 0 Å². The maximum atomic E-state index is 12.2. The number of hydrogen-bond donors (Lipinski definition) is 1. The summed E-state index contributed by atoms with van der Waals surface area (Å²) in [5, 5.41) is 9.64. The molecule has 1 N–H and O–H groups in total. The molecule has 0 heterocycles. The van der Waals surface area contributed by atoms with Crippen LogP contribution in [0.3, 0.4) is 0 Å². The Kier molecular flexibility index (Phi) is 47.6. The first-order chi connectivity index (χ1) is 27.7. The van der Waals surface area contributed by atoms with Crippen LogP contribution in [-0.4, -0.2) is 37.0 Å². The van der Waals surface area contributed by atoms with Crippen molar-refractivity contribution in [3.05, 3.63) is 60.8 Å². The van der Waals surface area contributed by atoms with Gasteiger partial charge >= 0.3 is 5.97 Å². The maximum absolute atomic E-state index is 12.2. The molecule has 0 saturated carbocycles. The standard InChI is InChI=1S/C52H94O4/c1-3-5-7-9-11-13-15-17-19-21-23-24-25-26-27-28-29-30-32-34-36-38-40-42-44-46-48-55-50-51(49-53)56-52(54)47-45-43-41-39-37-35-33-31-22-20-18-16-14-12-10-8-6-4-2/h5,7,11,13,17,19-20,22-24,51,53H,3-4,6,8-10,12,14-16,18,21,25-50H2,1-2H3/b7-5-,13-11-,19-17-,22-20-,24-23-. The Hall–Kier alpha value is -1.91. The summed E-state index contributed by atoms with van der Waals surface area (Å²) in [6.07, 6.45) is 65.9. The van der Waals surface area contributed by atoms with Gasteiger partial charge in [0.1, 0.15) is 6.10 Å². The molecule has 0 aromatic heterocycles. The first kappa shape index (κ1) is 54.1. The van der Waals surface area contributed by atoms with Crippen molar-refractivity contribution in [2.45, 2.75) is 245 Å². The normalized spacial score (nSPS) is 12.8. The highest BCUT2D eigenvalue weighted by atomic mass is 16.6. The van der Waals surface area contributed by atoms with Gasteiger partial charge in [0.25, 0.3) is 0 Å². The van der Waals surface area contributed by atoms with Crippen LogP contribution in [-0.2, 0) is 14.3 Å². The van der Waals surface area contributed by atoms with Crippen molar-refractivity contribution in [1.82, 2.24) is 0 Å². The summed E-state index contributed by atoms with van der Waals surface area (Å²) in [6.45, 7) is 5.24. The molecular formula is C52H94O4. The van der Waals surface area contributed by atoms with Gasteiger partial charge in [0.05, 0.1) is 13.2 Å². The highest BCUT2D eigenvalue weighted by Crippen LogP contribution is 2.15. The minimum absolute atomic E-state index is 0.174. The van der Waals surface area contributed by atoms with E-state index in [1.54, 1.807) is 0 Å². The third-order valence-electron chi connectivity index (χ3n) is 10.6. The summed E-state index contributed by atoms with van der Waals surface area (Å²) < 4.78 is 11.2. The predicted molar refractivity (Wildman–Crippen MR) is 246 cm³/mol. The van der Waals surface area contributed by atoms with Crippen molar-refractivity contribution < 1.29 is 19.4 Å². The topological polar surface area (TPSA) is 55.8 Å². The summed E-state index contributed by atoms with van der Waals surface area (Å²) in [6, 6.07) is 0. The Balaban J connectivity index is 3.41. The highest BCUT2D eigenvalue weighted by molar-refractivity contribution is 5.69. The van der Waals surface area contributed by atoms with Gasteiger partial charge < -0.3 is 14.6 Å². The van der Waals surface area contributed by atoms with E-state index in [4.69, 9.17) is 9.47 Å². The Labute approximate surface area is 349 Å². The Morgan fingerprint density at radius 2 is 0.804 bits per heavy atom. The molecule has 0 aliphatic heterocycles. The van der Waals surface area contributed by atoms with E-state index in [0.29, 0.717) is 19.6 Å². The molecule has 56 heavy (non-hydrogen) atoms. The van der Waals surface area contributed by atoms with Crippen molar-refractivity contribution in [2.75, 3.05) is 19.8 Å². The largest absolute Gasteiger partial charge is 0.457 e. The molecule has 1 unspecified atom stereocenters. The zero-order valence-corrected chi connectivity index (χ0v) is 37.4. The lowest BCUT2D eigenvalue weighted by Gasteiger charge is -2.16. The minimum atomic E-state index is -0.539. The molecule has 0 aliphatic rings. The first-order valence-electron chi connectivity index (χ1n) is 24.4. The van der Waals surface area contributed by atoms with Crippen LogP contribution in [0.5, 0.6) is 0 Å². The molecule has 0 aromatic carbocycles. The van der Waals surface area contributed by atoms with Crippen LogP contribution in [0, 0.1) is 0 Å². The Morgan fingerprint density at radius 3 is 1.23 bits per heavy atom. The Bertz CT molecular complexity index is 916. The quantitative estimate of drug-likeness (QED) is 0.0380. The molecule has 326 valence electrons. The van der Waals surface area contributed by atoms with Gasteiger partial charge in [-0.25, -0.2) is 0 Å². The zero-order valence-electron chi connectivity index (χ0n) is 37.4. The summed E-state index contributed by atoms with van der Waals surface area (Å²) in [5.41, 5.74) is 0. The van der Waals surface area contributed by atoms with Gasteiger partial charge in [-0.15, -0.1) is 0 Å². The number of esters is 1. The number of ether oxygens (including phenoxy) is 2. The van der Waals surface area contributed by atoms with E-state index in [1.807, 2.05) is 0 Å². The molecule has 0 spiro atoms. The summed E-state index contributed by atoms with van der Waals surface area (Å²) in [7, 11) is 0. The number of aliphatic hydroxyl groups excluding tert-OH is 1. The maximum Gasteiger partial charge on any atom is 0.306 e. The Morgan fingerprint density at radius 1 is 0.446 bits per heavy atom. The third kappa shape index (κ3) is 46.5. The summed E-state index contributed by atoms with van der Waals surface area (Å²) >= 11 is 0. The van der Waals surface area contributed by atoms with Crippen LogP contribution < -0.4 is 0 Å². The van der Waals surface area contributed by atoms with E-state index in [9.17, 15) is 9.90 Å². The fourth-order valence-corrected chi connectivity index (χ4v) is 6.96. The zero-order chi connectivity index (χ0) is 40.5. The molecule has 1 atom stereocenters. The van der Waals surface area contributed by atoms with Gasteiger partial charge in [-0.3, -0.25) is 4.79 Å². The number of hydrogen-bond acceptors (Lipinski definition) is 4. The van der Waals surface area contributed by atoms with Crippen molar-refractivity contribution in [3.8, 4) is 0 Å². The molecule has 0 aliphatic carbocycles. The van der Waals surface area contributed by atoms with Gasteiger partial charge in [-0.05, 0) is 77.0 Å². The van der Waals surface area contributed by atoms with Gasteiger partial charge in [-0.2, -0.15) is 0 Å². The fraction of sp³-hybridized carbons (Fsp3) is 0.788. The molecule has 4 nitrogen and oxygen atoms in total. The predicted octanol–water partition coefficient (Wildman–Crippen LogP) is 16.4. The van der Waals surface area contributed by atoms with Crippen molar-refractivity contribution in [2.24, 2.45) is 0 Å². The second-order valence-electron chi connectivity index (χ2n) is 16.2. The van der Waals surface area contributed by atoms with E-state index in [-0.39, 0.29) is 12.6 Å². The molecule has 0 fully saturated rings. The van der Waals surface area contributed by atoms with Crippen LogP contribution in [0.25, 0.3) is 0 Å². The lowest BCUT2D eigenvalue weighted by Crippen LogP contribution is -2.27. The molecule has 0 saturated heterocycles. The third-order valence-corrected chi connectivity index (χ3v) is 10.6. The fourth-order valence-electron chi connectivity index (χ4n) is 6.96. The molecule has 4 heteroatoms. The average Bonchev–Trinajstić information content (AvgIpc) is 3.20. The number of carbonyl (C=O) groups is 1. The van der Waals surface area contributed by atoms with Crippen LogP contribution >= 0.6 is 0 Å². The lowest BCUT2D eigenvalue weighted by atomic mass is 10.0. The van der Waals surface area contributed by atoms with E-state index in [0.717, 1.165) is 44.9 Å². The van der Waals surface area contributed by atoms with E-state index in [1.165, 1.54) is 173 Å². The van der Waals surface area contributed by atoms with Crippen LogP contribution in [0.1, 0.15) is 239 Å². The molecule has 0 rings (SSSR count). The SMILES string of the molecule is CC/C=C\C/C=C\C/C=C\C/C=C\CCCCCCCCCCCCCCCOCC(CO)OC(=O)CCCCCCCCC/C=C\CCCCCCCCC. The van der Waals surface area contributed by atoms with Crippen LogP contribution in [0.4, 0.5) is 0 Å². The minimum Gasteiger partial charge on any atom is -0.457 e. The molecular weight excluding hydrogens is 689 g/mol. The van der Waals surface area contributed by atoms with E-state index in [2.05, 4.69) is 74.6 Å². The number of carbonyl (C=O) groups excluding carboxylic acids is 1. The second-order valence-corrected chi connectivity index (χ2v) is 16.2. The van der Waals surface area contributed by atoms with Crippen molar-refractivity contribution in [3.63, 3.8) is 0 Å². The van der Waals surface area contributed by atoms with Gasteiger partial charge in [-0.1, -0.05) is 216 Å². The van der Waals surface area contributed by atoms with Crippen molar-refractivity contribution in [1.29, 1.82) is 0 Å². The first-order valence-corrected chi connectivity index (χ1v) is 24.4. The number of allylic oxidation sites excluding steroid dienone is 10. The molecule has 0 aromatic rings. The van der Waals surface area contributed by atoms with Crippen LogP contribution in [0.15, 0.2) is 60.8 Å². The highest BCUT2D eigenvalue weighted by Gasteiger charge is 2.13. The second kappa shape index (κ2) is 49.2. The van der Waals surface area contributed by atoms with Gasteiger partial charge in [0.15, 0.2) is 0 Å². The number of aliphatic hydroxyl groups is 1.